The van der Waals surface area contributed by atoms with Crippen molar-refractivity contribution in [2.24, 2.45) is 5.41 Å². The molecule has 1 aromatic carbocycles. The van der Waals surface area contributed by atoms with Crippen LogP contribution in [0.3, 0.4) is 0 Å². The number of hydrogen-bond donors (Lipinski definition) is 1. The molecule has 1 aliphatic heterocycles. The summed E-state index contributed by atoms with van der Waals surface area (Å²) in [4.78, 5) is 24.8. The maximum absolute atomic E-state index is 12.7. The number of allylic oxidation sites excluding steroid dienone is 2. The molecule has 3 rings (SSSR count). The average Bonchev–Trinajstić information content (AvgIpc) is 2.39. The van der Waals surface area contributed by atoms with Gasteiger partial charge in [-0.2, -0.15) is 0 Å². The Kier molecular flexibility index (Phi) is 3.76. The number of nitrogens with one attached hydrogen (secondary N) is 1. The Hall–Kier alpha value is -1.42. The molecule has 0 fully saturated rings. The zero-order valence-electron chi connectivity index (χ0n) is 13.1. The van der Waals surface area contributed by atoms with Crippen molar-refractivity contribution >= 4 is 27.6 Å². The quantitative estimate of drug-likeness (QED) is 0.821. The van der Waals surface area contributed by atoms with E-state index in [1.54, 1.807) is 0 Å². The molecule has 1 atom stereocenters. The zero-order valence-corrected chi connectivity index (χ0v) is 14.7. The van der Waals surface area contributed by atoms with Crippen LogP contribution in [0, 0.1) is 12.3 Å². The number of benzene rings is 1. The number of rotatable bonds is 1. The Balaban J connectivity index is 2.08. The Morgan fingerprint density at radius 2 is 1.95 bits per heavy atom. The van der Waals surface area contributed by atoms with Crippen LogP contribution < -0.4 is 5.32 Å². The third-order valence-corrected chi connectivity index (χ3v) is 5.40. The highest BCUT2D eigenvalue weighted by Crippen LogP contribution is 2.44. The van der Waals surface area contributed by atoms with E-state index in [-0.39, 0.29) is 23.0 Å². The predicted molar refractivity (Wildman–Crippen MR) is 89.4 cm³/mol. The van der Waals surface area contributed by atoms with E-state index in [1.165, 1.54) is 0 Å². The molecule has 1 N–H and O–H groups in total. The molecule has 0 unspecified atom stereocenters. The van der Waals surface area contributed by atoms with E-state index in [0.29, 0.717) is 12.8 Å². The fraction of sp³-hybridized carbons (Fsp3) is 0.444. The van der Waals surface area contributed by atoms with Gasteiger partial charge in [0.1, 0.15) is 0 Å². The smallest absolute Gasteiger partial charge is 0.225 e. The lowest BCUT2D eigenvalue weighted by atomic mass is 9.70. The molecule has 1 aromatic rings. The maximum Gasteiger partial charge on any atom is 0.225 e. The van der Waals surface area contributed by atoms with E-state index < -0.39 is 0 Å². The summed E-state index contributed by atoms with van der Waals surface area (Å²) in [5.74, 6) is 0.0585. The first-order valence-corrected chi connectivity index (χ1v) is 8.38. The fourth-order valence-corrected chi connectivity index (χ4v) is 3.86. The van der Waals surface area contributed by atoms with E-state index in [9.17, 15) is 9.59 Å². The molecule has 0 saturated heterocycles. The standard InChI is InChI=1S/C18H20BrNO2/c1-10-4-5-11(6-13(10)19)12-7-16(22)20-14-8-18(2,3)9-15(21)17(12)14/h4-6,12H,7-9H2,1-3H3,(H,20,22)/t12-/m1/s1. The first-order valence-electron chi connectivity index (χ1n) is 7.59. The molecule has 2 aliphatic rings. The van der Waals surface area contributed by atoms with Gasteiger partial charge in [0.05, 0.1) is 0 Å². The van der Waals surface area contributed by atoms with Gasteiger partial charge in [-0.3, -0.25) is 9.59 Å². The molecule has 3 nitrogen and oxygen atoms in total. The van der Waals surface area contributed by atoms with Gasteiger partial charge < -0.3 is 5.32 Å². The number of Topliss-reactive ketones (excluding diaryl/α,β-unsaturated/α-hetero) is 1. The Bertz CT molecular complexity index is 703. The van der Waals surface area contributed by atoms with Gasteiger partial charge in [-0.05, 0) is 36.0 Å². The average molecular weight is 362 g/mol. The number of carbonyl (C=O) groups is 2. The normalized spacial score (nSPS) is 24.1. The van der Waals surface area contributed by atoms with Gasteiger partial charge in [0.25, 0.3) is 0 Å². The van der Waals surface area contributed by atoms with Crippen LogP contribution in [0.2, 0.25) is 0 Å². The molecular formula is C18H20BrNO2. The van der Waals surface area contributed by atoms with Crippen LogP contribution in [-0.4, -0.2) is 11.7 Å². The molecular weight excluding hydrogens is 342 g/mol. The minimum absolute atomic E-state index is 0.00551. The number of carbonyl (C=O) groups excluding carboxylic acids is 2. The summed E-state index contributed by atoms with van der Waals surface area (Å²) in [6.07, 6.45) is 1.65. The van der Waals surface area contributed by atoms with Crippen molar-refractivity contribution in [2.45, 2.75) is 46.0 Å². The number of hydrogen-bond acceptors (Lipinski definition) is 2. The van der Waals surface area contributed by atoms with Crippen LogP contribution in [0.4, 0.5) is 0 Å². The summed E-state index contributed by atoms with van der Waals surface area (Å²) in [6.45, 7) is 6.18. The first-order chi connectivity index (χ1) is 10.3. The molecule has 4 heteroatoms. The van der Waals surface area contributed by atoms with Crippen molar-refractivity contribution in [2.75, 3.05) is 0 Å². The lowest BCUT2D eigenvalue weighted by Crippen LogP contribution is -2.40. The molecule has 0 spiro atoms. The van der Waals surface area contributed by atoms with Gasteiger partial charge in [0.15, 0.2) is 5.78 Å². The molecule has 0 radical (unpaired) electrons. The molecule has 116 valence electrons. The summed E-state index contributed by atoms with van der Waals surface area (Å²) in [7, 11) is 0. The van der Waals surface area contributed by atoms with Crippen molar-refractivity contribution < 1.29 is 9.59 Å². The van der Waals surface area contributed by atoms with Gasteiger partial charge in [0.2, 0.25) is 5.91 Å². The van der Waals surface area contributed by atoms with Crippen LogP contribution >= 0.6 is 15.9 Å². The second-order valence-electron chi connectivity index (χ2n) is 7.15. The van der Waals surface area contributed by atoms with Crippen LogP contribution in [0.1, 0.15) is 50.2 Å². The lowest BCUT2D eigenvalue weighted by molar-refractivity contribution is -0.122. The molecule has 1 heterocycles. The third kappa shape index (κ3) is 2.76. The fourth-order valence-electron chi connectivity index (χ4n) is 3.47. The van der Waals surface area contributed by atoms with Crippen molar-refractivity contribution in [3.05, 3.63) is 45.1 Å². The van der Waals surface area contributed by atoms with Crippen molar-refractivity contribution in [3.8, 4) is 0 Å². The largest absolute Gasteiger partial charge is 0.329 e. The molecule has 0 bridgehead atoms. The minimum Gasteiger partial charge on any atom is -0.329 e. The highest BCUT2D eigenvalue weighted by atomic mass is 79.9. The second-order valence-corrected chi connectivity index (χ2v) is 8.00. The topological polar surface area (TPSA) is 46.2 Å². The Morgan fingerprint density at radius 1 is 1.23 bits per heavy atom. The van der Waals surface area contributed by atoms with Gasteiger partial charge in [-0.25, -0.2) is 0 Å². The highest BCUT2D eigenvalue weighted by Gasteiger charge is 2.40. The number of aryl methyl sites for hydroxylation is 1. The van der Waals surface area contributed by atoms with E-state index in [2.05, 4.69) is 35.1 Å². The summed E-state index contributed by atoms with van der Waals surface area (Å²) in [6, 6.07) is 6.10. The molecule has 0 saturated carbocycles. The van der Waals surface area contributed by atoms with E-state index >= 15 is 0 Å². The Labute approximate surface area is 139 Å². The summed E-state index contributed by atoms with van der Waals surface area (Å²) >= 11 is 3.55. The lowest BCUT2D eigenvalue weighted by Gasteiger charge is -2.37. The minimum atomic E-state index is -0.121. The van der Waals surface area contributed by atoms with Crippen LogP contribution in [0.5, 0.6) is 0 Å². The van der Waals surface area contributed by atoms with Gasteiger partial charge in [-0.15, -0.1) is 0 Å². The number of halogens is 1. The molecule has 0 aromatic heterocycles. The second kappa shape index (κ2) is 5.34. The Morgan fingerprint density at radius 3 is 2.64 bits per heavy atom. The van der Waals surface area contributed by atoms with Crippen LogP contribution in [0.15, 0.2) is 33.9 Å². The van der Waals surface area contributed by atoms with Gasteiger partial charge in [-0.1, -0.05) is 41.9 Å². The maximum atomic E-state index is 12.7. The SMILES string of the molecule is Cc1ccc([C@H]2CC(=O)NC3=C2C(=O)CC(C)(C)C3)cc1Br. The van der Waals surface area contributed by atoms with Crippen molar-refractivity contribution in [1.29, 1.82) is 0 Å². The summed E-state index contributed by atoms with van der Waals surface area (Å²) in [5, 5.41) is 2.94. The van der Waals surface area contributed by atoms with E-state index in [0.717, 1.165) is 33.3 Å². The van der Waals surface area contributed by atoms with E-state index in [4.69, 9.17) is 0 Å². The monoisotopic (exact) mass is 361 g/mol. The summed E-state index contributed by atoms with van der Waals surface area (Å²) < 4.78 is 1.02. The predicted octanol–water partition coefficient (Wildman–Crippen LogP) is 4.00. The third-order valence-electron chi connectivity index (χ3n) is 4.55. The molecule has 22 heavy (non-hydrogen) atoms. The highest BCUT2D eigenvalue weighted by molar-refractivity contribution is 9.10. The first kappa shape index (κ1) is 15.5. The van der Waals surface area contributed by atoms with Crippen LogP contribution in [-0.2, 0) is 9.59 Å². The zero-order chi connectivity index (χ0) is 16.1. The molecule has 1 aliphatic carbocycles. The van der Waals surface area contributed by atoms with Crippen LogP contribution in [0.25, 0.3) is 0 Å². The molecule has 1 amide bonds. The number of ketones is 1. The summed E-state index contributed by atoms with van der Waals surface area (Å²) in [5.41, 5.74) is 3.75. The van der Waals surface area contributed by atoms with Crippen molar-refractivity contribution in [3.63, 3.8) is 0 Å². The van der Waals surface area contributed by atoms with Crippen molar-refractivity contribution in [1.82, 2.24) is 5.32 Å². The van der Waals surface area contributed by atoms with Gasteiger partial charge >= 0.3 is 0 Å². The number of amides is 1. The van der Waals surface area contributed by atoms with E-state index in [1.807, 2.05) is 25.1 Å². The van der Waals surface area contributed by atoms with Gasteiger partial charge in [0, 0.05) is 34.5 Å².